The highest BCUT2D eigenvalue weighted by Gasteiger charge is 2.12. The maximum absolute atomic E-state index is 6.12. The molecule has 94 valence electrons. The van der Waals surface area contributed by atoms with Gasteiger partial charge in [0.2, 0.25) is 0 Å². The molecule has 1 aromatic carbocycles. The molecule has 0 aliphatic carbocycles. The van der Waals surface area contributed by atoms with Crippen molar-refractivity contribution in [2.45, 2.75) is 12.5 Å². The van der Waals surface area contributed by atoms with Crippen LogP contribution >= 0.6 is 23.2 Å². The highest BCUT2D eigenvalue weighted by Crippen LogP contribution is 2.26. The molecule has 0 saturated carbocycles. The van der Waals surface area contributed by atoms with E-state index in [0.717, 1.165) is 11.1 Å². The average molecular weight is 282 g/mol. The van der Waals surface area contributed by atoms with Crippen LogP contribution in [-0.2, 0) is 6.42 Å². The molecule has 0 saturated heterocycles. The molecule has 0 spiro atoms. The van der Waals surface area contributed by atoms with Gasteiger partial charge in [0.25, 0.3) is 0 Å². The Balaban J connectivity index is 2.21. The maximum Gasteiger partial charge on any atom is 0.128 e. The Morgan fingerprint density at radius 3 is 2.67 bits per heavy atom. The normalized spacial score (nSPS) is 12.4. The molecule has 0 fully saturated rings. The van der Waals surface area contributed by atoms with E-state index in [0.29, 0.717) is 22.3 Å². The summed E-state index contributed by atoms with van der Waals surface area (Å²) in [5, 5.41) is 1.22. The number of anilines is 1. The smallest absolute Gasteiger partial charge is 0.128 e. The standard InChI is InChI=1S/C13H13Cl2N3/c14-9-4-3-8(11(15)7-9)6-12(16)10-2-1-5-18-13(10)17/h1-5,7,12H,6,16H2,(H2,17,18). The van der Waals surface area contributed by atoms with E-state index >= 15 is 0 Å². The van der Waals surface area contributed by atoms with Crippen molar-refractivity contribution in [2.24, 2.45) is 5.73 Å². The van der Waals surface area contributed by atoms with Gasteiger partial charge in [-0.15, -0.1) is 0 Å². The van der Waals surface area contributed by atoms with Crippen molar-refractivity contribution in [2.75, 3.05) is 5.73 Å². The van der Waals surface area contributed by atoms with Gasteiger partial charge in [0.15, 0.2) is 0 Å². The van der Waals surface area contributed by atoms with Crippen LogP contribution in [-0.4, -0.2) is 4.98 Å². The van der Waals surface area contributed by atoms with E-state index in [-0.39, 0.29) is 6.04 Å². The fraction of sp³-hybridized carbons (Fsp3) is 0.154. The summed E-state index contributed by atoms with van der Waals surface area (Å²) < 4.78 is 0. The summed E-state index contributed by atoms with van der Waals surface area (Å²) in [4.78, 5) is 4.02. The van der Waals surface area contributed by atoms with E-state index in [4.69, 9.17) is 34.7 Å². The fourth-order valence-corrected chi connectivity index (χ4v) is 2.26. The quantitative estimate of drug-likeness (QED) is 0.908. The van der Waals surface area contributed by atoms with Gasteiger partial charge in [-0.3, -0.25) is 0 Å². The summed E-state index contributed by atoms with van der Waals surface area (Å²) in [7, 11) is 0. The first-order chi connectivity index (χ1) is 8.58. The van der Waals surface area contributed by atoms with Crippen LogP contribution < -0.4 is 11.5 Å². The van der Waals surface area contributed by atoms with Crippen LogP contribution in [0.25, 0.3) is 0 Å². The molecular formula is C13H13Cl2N3. The number of nitrogen functional groups attached to an aromatic ring is 1. The van der Waals surface area contributed by atoms with Crippen molar-refractivity contribution in [1.82, 2.24) is 4.98 Å². The Hall–Kier alpha value is -1.29. The van der Waals surface area contributed by atoms with Gasteiger partial charge < -0.3 is 11.5 Å². The summed E-state index contributed by atoms with van der Waals surface area (Å²) in [5.41, 5.74) is 13.7. The molecule has 18 heavy (non-hydrogen) atoms. The van der Waals surface area contributed by atoms with Gasteiger partial charge in [-0.1, -0.05) is 35.3 Å². The lowest BCUT2D eigenvalue weighted by Gasteiger charge is -2.14. The summed E-state index contributed by atoms with van der Waals surface area (Å²) >= 11 is 12.0. The van der Waals surface area contributed by atoms with Gasteiger partial charge >= 0.3 is 0 Å². The molecule has 5 heteroatoms. The van der Waals surface area contributed by atoms with Crippen molar-refractivity contribution in [3.63, 3.8) is 0 Å². The first kappa shape index (κ1) is 13.1. The van der Waals surface area contributed by atoms with E-state index < -0.39 is 0 Å². The lowest BCUT2D eigenvalue weighted by atomic mass is 10.0. The first-order valence-electron chi connectivity index (χ1n) is 5.48. The topological polar surface area (TPSA) is 64.9 Å². The van der Waals surface area contributed by atoms with Crippen LogP contribution in [0.15, 0.2) is 36.5 Å². The molecular weight excluding hydrogens is 269 g/mol. The van der Waals surface area contributed by atoms with Gasteiger partial charge in [-0.2, -0.15) is 0 Å². The Kier molecular flexibility index (Phi) is 4.07. The number of nitrogens with two attached hydrogens (primary N) is 2. The minimum atomic E-state index is -0.239. The number of benzene rings is 1. The predicted molar refractivity (Wildman–Crippen MR) is 75.7 cm³/mol. The molecule has 0 aliphatic heterocycles. The predicted octanol–water partition coefficient (Wildman–Crippen LogP) is 3.21. The third-order valence-corrected chi connectivity index (χ3v) is 3.31. The molecule has 4 N–H and O–H groups in total. The Bertz CT molecular complexity index is 558. The largest absolute Gasteiger partial charge is 0.383 e. The number of nitrogens with zero attached hydrogens (tertiary/aromatic N) is 1. The minimum Gasteiger partial charge on any atom is -0.383 e. The lowest BCUT2D eigenvalue weighted by Crippen LogP contribution is -2.16. The third kappa shape index (κ3) is 2.93. The van der Waals surface area contributed by atoms with Gasteiger partial charge in [0.1, 0.15) is 5.82 Å². The van der Waals surface area contributed by atoms with E-state index in [1.165, 1.54) is 0 Å². The Labute approximate surface area is 116 Å². The fourth-order valence-electron chi connectivity index (χ4n) is 1.78. The maximum atomic E-state index is 6.12. The van der Waals surface area contributed by atoms with Gasteiger partial charge in [0.05, 0.1) is 0 Å². The van der Waals surface area contributed by atoms with Crippen LogP contribution in [0.5, 0.6) is 0 Å². The lowest BCUT2D eigenvalue weighted by molar-refractivity contribution is 0.721. The molecule has 0 aliphatic rings. The zero-order chi connectivity index (χ0) is 13.1. The van der Waals surface area contributed by atoms with E-state index in [9.17, 15) is 0 Å². The van der Waals surface area contributed by atoms with Crippen LogP contribution in [0, 0.1) is 0 Å². The number of halogens is 2. The molecule has 0 bridgehead atoms. The number of aromatic nitrogens is 1. The van der Waals surface area contributed by atoms with Crippen molar-refractivity contribution < 1.29 is 0 Å². The van der Waals surface area contributed by atoms with E-state index in [1.54, 1.807) is 18.3 Å². The average Bonchev–Trinajstić information content (AvgIpc) is 2.33. The Morgan fingerprint density at radius 2 is 2.00 bits per heavy atom. The van der Waals surface area contributed by atoms with Crippen LogP contribution in [0.1, 0.15) is 17.2 Å². The molecule has 1 atom stereocenters. The minimum absolute atomic E-state index is 0.239. The summed E-state index contributed by atoms with van der Waals surface area (Å²) in [6, 6.07) is 8.82. The van der Waals surface area contributed by atoms with Crippen LogP contribution in [0.4, 0.5) is 5.82 Å². The third-order valence-electron chi connectivity index (χ3n) is 2.73. The van der Waals surface area contributed by atoms with Crippen molar-refractivity contribution in [3.05, 3.63) is 57.7 Å². The first-order valence-corrected chi connectivity index (χ1v) is 6.23. The summed E-state index contributed by atoms with van der Waals surface area (Å²) in [5.74, 6) is 0.454. The number of hydrogen-bond acceptors (Lipinski definition) is 3. The van der Waals surface area contributed by atoms with Crippen molar-refractivity contribution in [1.29, 1.82) is 0 Å². The monoisotopic (exact) mass is 281 g/mol. The number of rotatable bonds is 3. The van der Waals surface area contributed by atoms with Crippen LogP contribution in [0.2, 0.25) is 10.0 Å². The van der Waals surface area contributed by atoms with E-state index in [2.05, 4.69) is 4.98 Å². The van der Waals surface area contributed by atoms with Gasteiger partial charge in [-0.05, 0) is 30.2 Å². The zero-order valence-corrected chi connectivity index (χ0v) is 11.1. The molecule has 0 radical (unpaired) electrons. The highest BCUT2D eigenvalue weighted by molar-refractivity contribution is 6.35. The molecule has 3 nitrogen and oxygen atoms in total. The second kappa shape index (κ2) is 5.57. The molecule has 2 rings (SSSR count). The number of pyridine rings is 1. The SMILES string of the molecule is Nc1ncccc1C(N)Cc1ccc(Cl)cc1Cl. The molecule has 2 aromatic rings. The molecule has 1 heterocycles. The van der Waals surface area contributed by atoms with Crippen molar-refractivity contribution >= 4 is 29.0 Å². The molecule has 1 aromatic heterocycles. The van der Waals surface area contributed by atoms with Gasteiger partial charge in [0, 0.05) is 27.8 Å². The van der Waals surface area contributed by atoms with Crippen LogP contribution in [0.3, 0.4) is 0 Å². The van der Waals surface area contributed by atoms with Crippen molar-refractivity contribution in [3.8, 4) is 0 Å². The zero-order valence-electron chi connectivity index (χ0n) is 9.61. The highest BCUT2D eigenvalue weighted by atomic mass is 35.5. The van der Waals surface area contributed by atoms with E-state index in [1.807, 2.05) is 18.2 Å². The summed E-state index contributed by atoms with van der Waals surface area (Å²) in [6.45, 7) is 0. The number of hydrogen-bond donors (Lipinski definition) is 2. The second-order valence-corrected chi connectivity index (χ2v) is 4.87. The summed E-state index contributed by atoms with van der Waals surface area (Å²) in [6.07, 6.45) is 2.23. The molecule has 0 amide bonds. The van der Waals surface area contributed by atoms with Gasteiger partial charge in [-0.25, -0.2) is 4.98 Å². The molecule has 1 unspecified atom stereocenters. The Morgan fingerprint density at radius 1 is 1.22 bits per heavy atom. The second-order valence-electron chi connectivity index (χ2n) is 4.02.